The van der Waals surface area contributed by atoms with Gasteiger partial charge in [0.2, 0.25) is 0 Å². The van der Waals surface area contributed by atoms with Gasteiger partial charge in [0, 0.05) is 0 Å². The Morgan fingerprint density at radius 3 is 2.57 bits per heavy atom. The first kappa shape index (κ1) is 13.8. The fraction of sp³-hybridized carbons (Fsp3) is 0.444. The molecule has 1 unspecified atom stereocenters. The van der Waals surface area contributed by atoms with E-state index >= 15 is 0 Å². The van der Waals surface area contributed by atoms with Gasteiger partial charge in [-0.05, 0) is 5.75 Å². The molecule has 2 N–H and O–H groups in total. The van der Waals surface area contributed by atoms with Crippen molar-refractivity contribution in [1.29, 1.82) is 0 Å². The molecule has 3 nitrogen and oxygen atoms in total. The van der Waals surface area contributed by atoms with E-state index in [0.29, 0.717) is 5.75 Å². The van der Waals surface area contributed by atoms with Crippen LogP contribution < -0.4 is 0 Å². The van der Waals surface area contributed by atoms with Gasteiger partial charge in [-0.1, -0.05) is 6.92 Å². The Labute approximate surface area is 96.1 Å². The number of aliphatic hydroxyl groups excluding tert-OH is 1. The van der Waals surface area contributed by atoms with E-state index in [1.807, 2.05) is 12.2 Å². The summed E-state index contributed by atoms with van der Waals surface area (Å²) < 4.78 is 1.22. The second kappa shape index (κ2) is 8.12. The van der Waals surface area contributed by atoms with Crippen molar-refractivity contribution in [3.63, 3.8) is 0 Å². The summed E-state index contributed by atoms with van der Waals surface area (Å²) in [7, 11) is 0. The second-order valence-electron chi connectivity index (χ2n) is 2.38. The summed E-state index contributed by atoms with van der Waals surface area (Å²) in [5.74, 6) is -0.551. The Bertz CT molecular complexity index is 238. The first-order valence-corrected chi connectivity index (χ1v) is 5.70. The van der Waals surface area contributed by atoms with Gasteiger partial charge in [-0.15, -0.1) is 11.8 Å². The van der Waals surface area contributed by atoms with Crippen molar-refractivity contribution in [3.8, 4) is 0 Å². The van der Waals surface area contributed by atoms with Crippen molar-refractivity contribution in [1.82, 2.24) is 0 Å². The fourth-order valence-electron chi connectivity index (χ4n) is 0.645. The standard InChI is InChI=1S/C5H5.C4H8O3S.Fe/c1-2-4-5-3-1;1-2-8-4(7)3(5)6;/h1-3H,4H2;4,7H,2H2,1H3,(H,5,6);. The van der Waals surface area contributed by atoms with E-state index in [9.17, 15) is 4.79 Å². The van der Waals surface area contributed by atoms with Gasteiger partial charge in [0.05, 0.1) is 0 Å². The third-order valence-electron chi connectivity index (χ3n) is 1.25. The van der Waals surface area contributed by atoms with E-state index in [4.69, 9.17) is 10.2 Å². The van der Waals surface area contributed by atoms with Crippen LogP contribution in [0.3, 0.4) is 0 Å². The number of rotatable bonds is 3. The van der Waals surface area contributed by atoms with Gasteiger partial charge in [0.25, 0.3) is 0 Å². The van der Waals surface area contributed by atoms with Crippen LogP contribution in [0.1, 0.15) is 13.3 Å². The van der Waals surface area contributed by atoms with Gasteiger partial charge < -0.3 is 10.2 Å². The molecule has 0 radical (unpaired) electrons. The molecular weight excluding hydrogens is 244 g/mol. The molecule has 1 atom stereocenters. The number of carbonyl (C=O) groups is 1. The van der Waals surface area contributed by atoms with Crippen LogP contribution in [0.5, 0.6) is 0 Å². The van der Waals surface area contributed by atoms with Crippen LogP contribution >= 0.6 is 11.8 Å². The number of carboxylic acids is 1. The summed E-state index contributed by atoms with van der Waals surface area (Å²) in [5, 5.41) is 16.5. The normalized spacial score (nSPS) is 15.5. The summed E-state index contributed by atoms with van der Waals surface area (Å²) in [5.41, 5.74) is -1.25. The molecule has 5 heteroatoms. The third-order valence-corrected chi connectivity index (χ3v) is 2.51. The molecule has 0 amide bonds. The molecule has 81 valence electrons. The molecule has 0 aromatic rings. The average Bonchev–Trinajstić information content (AvgIpc) is 2.57. The number of hydrogen-bond donors (Lipinski definition) is 2. The number of allylic oxidation sites excluding steroid dienone is 4. The van der Waals surface area contributed by atoms with Gasteiger partial charge in [0.1, 0.15) is 0 Å². The summed E-state index contributed by atoms with van der Waals surface area (Å²) in [4.78, 5) is 9.82. The maximum atomic E-state index is 9.82. The van der Waals surface area contributed by atoms with E-state index in [0.717, 1.165) is 18.2 Å². The van der Waals surface area contributed by atoms with Crippen LogP contribution in [0.4, 0.5) is 0 Å². The Morgan fingerprint density at radius 2 is 2.43 bits per heavy atom. The van der Waals surface area contributed by atoms with E-state index in [2.05, 4.69) is 22.1 Å². The van der Waals surface area contributed by atoms with Crippen LogP contribution in [0.25, 0.3) is 0 Å². The molecule has 0 spiro atoms. The minimum absolute atomic E-state index is 0.619. The van der Waals surface area contributed by atoms with E-state index < -0.39 is 11.4 Å². The third kappa shape index (κ3) is 7.21. The first-order valence-electron chi connectivity index (χ1n) is 4.10. The molecule has 1 aliphatic carbocycles. The average molecular weight is 257 g/mol. The zero-order valence-corrected chi connectivity index (χ0v) is 9.71. The molecule has 0 saturated carbocycles. The molecule has 1 aliphatic rings. The topological polar surface area (TPSA) is 57.5 Å². The van der Waals surface area contributed by atoms with E-state index in [1.165, 1.54) is 4.47 Å². The van der Waals surface area contributed by atoms with Gasteiger partial charge in [-0.2, -0.15) is 0 Å². The van der Waals surface area contributed by atoms with Crippen molar-refractivity contribution in [2.75, 3.05) is 5.75 Å². The van der Waals surface area contributed by atoms with Crippen molar-refractivity contribution < 1.29 is 31.0 Å². The van der Waals surface area contributed by atoms with Crippen LogP contribution in [0, 0.1) is 0 Å². The van der Waals surface area contributed by atoms with Crippen molar-refractivity contribution >= 4 is 17.7 Å². The Morgan fingerprint density at radius 1 is 1.79 bits per heavy atom. The molecule has 1 rings (SSSR count). The molecule has 0 fully saturated rings. The van der Waals surface area contributed by atoms with Crippen molar-refractivity contribution in [2.45, 2.75) is 18.8 Å². The zero-order valence-electron chi connectivity index (χ0n) is 7.79. The summed E-state index contributed by atoms with van der Waals surface area (Å²) in [6, 6.07) is 0. The van der Waals surface area contributed by atoms with Crippen LogP contribution in [-0.4, -0.2) is 27.4 Å². The molecule has 0 bridgehead atoms. The predicted molar refractivity (Wildman–Crippen MR) is 53.6 cm³/mol. The number of aliphatic carboxylic acids is 1. The number of carboxylic acid groups (broad SMARTS) is 1. The van der Waals surface area contributed by atoms with Crippen LogP contribution in [-0.2, 0) is 20.8 Å². The van der Waals surface area contributed by atoms with Gasteiger partial charge >= 0.3 is 51.1 Å². The first-order chi connectivity index (χ1) is 6.57. The SMILES string of the molecule is CCSC(O)C(=O)O.[Fe][C]1=CC=CC1. The Balaban J connectivity index is 0.000000249. The van der Waals surface area contributed by atoms with Gasteiger partial charge in [-0.3, -0.25) is 0 Å². The fourth-order valence-corrected chi connectivity index (χ4v) is 1.34. The molecule has 14 heavy (non-hydrogen) atoms. The number of hydrogen-bond acceptors (Lipinski definition) is 3. The number of thioether (sulfide) groups is 1. The quantitative estimate of drug-likeness (QED) is 0.594. The van der Waals surface area contributed by atoms with E-state index in [1.54, 1.807) is 6.92 Å². The molecule has 0 aromatic carbocycles. The molecule has 0 heterocycles. The summed E-state index contributed by atoms with van der Waals surface area (Å²) >= 11 is 4.73. The van der Waals surface area contributed by atoms with E-state index in [-0.39, 0.29) is 0 Å². The minimum atomic E-state index is -1.25. The van der Waals surface area contributed by atoms with Crippen molar-refractivity contribution in [2.24, 2.45) is 0 Å². The Kier molecular flexibility index (Phi) is 7.99. The van der Waals surface area contributed by atoms with Gasteiger partial charge in [-0.25, -0.2) is 4.79 Å². The van der Waals surface area contributed by atoms with Gasteiger partial charge in [0.15, 0.2) is 5.44 Å². The predicted octanol–water partition coefficient (Wildman–Crippen LogP) is 1.52. The maximum absolute atomic E-state index is 9.82. The Hall–Kier alpha value is -0.221. The molecule has 0 aliphatic heterocycles. The second-order valence-corrected chi connectivity index (χ2v) is 4.44. The zero-order chi connectivity index (χ0) is 11.0. The van der Waals surface area contributed by atoms with Crippen LogP contribution in [0.15, 0.2) is 22.7 Å². The molecular formula is C9H13FeO3S. The van der Waals surface area contributed by atoms with Crippen molar-refractivity contribution in [3.05, 3.63) is 22.7 Å². The van der Waals surface area contributed by atoms with Crippen LogP contribution in [0.2, 0.25) is 0 Å². The summed E-state index contributed by atoms with van der Waals surface area (Å²) in [6.45, 7) is 1.79. The molecule has 0 saturated heterocycles. The summed E-state index contributed by atoms with van der Waals surface area (Å²) in [6.07, 6.45) is 7.21. The number of aliphatic hydroxyl groups is 1. The molecule has 0 aromatic heterocycles. The monoisotopic (exact) mass is 257 g/mol.